The fourth-order valence-corrected chi connectivity index (χ4v) is 2.09. The first-order valence-electron chi connectivity index (χ1n) is 6.34. The van der Waals surface area contributed by atoms with E-state index in [9.17, 15) is 8.78 Å². The third kappa shape index (κ3) is 3.85. The van der Waals surface area contributed by atoms with Gasteiger partial charge in [0.05, 0.1) is 23.2 Å². The number of nitrogen functional groups attached to an aromatic ring is 1. The lowest BCUT2D eigenvalue weighted by atomic mass is 10.2. The molecule has 0 radical (unpaired) electrons. The zero-order chi connectivity index (χ0) is 15.6. The van der Waals surface area contributed by atoms with Crippen molar-refractivity contribution < 1.29 is 13.5 Å². The Morgan fingerprint density at radius 3 is 2.43 bits per heavy atom. The average Bonchev–Trinajstić information content (AvgIpc) is 2.37. The fraction of sp³-hybridized carbons (Fsp3) is 0.200. The SMILES string of the molecule is CC(C)Oc1cc(Nc2ccc(Br)cc2F)c(N)cc1F. The van der Waals surface area contributed by atoms with Gasteiger partial charge in [0.15, 0.2) is 11.6 Å². The Morgan fingerprint density at radius 2 is 1.81 bits per heavy atom. The third-order valence-corrected chi connectivity index (χ3v) is 3.16. The maximum absolute atomic E-state index is 13.8. The van der Waals surface area contributed by atoms with E-state index < -0.39 is 11.6 Å². The van der Waals surface area contributed by atoms with E-state index >= 15 is 0 Å². The van der Waals surface area contributed by atoms with Gasteiger partial charge in [0.25, 0.3) is 0 Å². The molecule has 0 saturated heterocycles. The molecule has 0 fully saturated rings. The minimum atomic E-state index is -0.553. The highest BCUT2D eigenvalue weighted by Crippen LogP contribution is 2.32. The number of benzene rings is 2. The summed E-state index contributed by atoms with van der Waals surface area (Å²) >= 11 is 3.18. The van der Waals surface area contributed by atoms with Crippen LogP contribution in [0.1, 0.15) is 13.8 Å². The number of halogens is 3. The summed E-state index contributed by atoms with van der Waals surface area (Å²) in [5.41, 5.74) is 6.56. The monoisotopic (exact) mass is 356 g/mol. The van der Waals surface area contributed by atoms with Crippen molar-refractivity contribution >= 4 is 33.0 Å². The zero-order valence-corrected chi connectivity index (χ0v) is 13.2. The highest BCUT2D eigenvalue weighted by atomic mass is 79.9. The minimum Gasteiger partial charge on any atom is -0.488 e. The molecule has 0 aliphatic heterocycles. The summed E-state index contributed by atoms with van der Waals surface area (Å²) < 4.78 is 33.6. The number of nitrogens with two attached hydrogens (primary N) is 1. The van der Waals surface area contributed by atoms with Gasteiger partial charge >= 0.3 is 0 Å². The molecule has 0 amide bonds. The van der Waals surface area contributed by atoms with Gasteiger partial charge in [-0.05, 0) is 32.0 Å². The summed E-state index contributed by atoms with van der Waals surface area (Å²) in [4.78, 5) is 0. The Labute approximate surface area is 130 Å². The van der Waals surface area contributed by atoms with Gasteiger partial charge in [-0.25, -0.2) is 8.78 Å². The molecular weight excluding hydrogens is 342 g/mol. The summed E-state index contributed by atoms with van der Waals surface area (Å²) in [7, 11) is 0. The highest BCUT2D eigenvalue weighted by molar-refractivity contribution is 9.10. The van der Waals surface area contributed by atoms with Crippen molar-refractivity contribution in [1.29, 1.82) is 0 Å². The molecule has 0 heterocycles. The Morgan fingerprint density at radius 1 is 1.10 bits per heavy atom. The van der Waals surface area contributed by atoms with Crippen molar-refractivity contribution in [2.45, 2.75) is 20.0 Å². The van der Waals surface area contributed by atoms with E-state index in [2.05, 4.69) is 21.2 Å². The molecule has 0 saturated carbocycles. The van der Waals surface area contributed by atoms with Crippen LogP contribution in [-0.2, 0) is 0 Å². The van der Waals surface area contributed by atoms with Crippen molar-refractivity contribution in [3.05, 3.63) is 46.4 Å². The Hall–Kier alpha value is -1.82. The first kappa shape index (κ1) is 15.6. The molecule has 0 bridgehead atoms. The average molecular weight is 357 g/mol. The lowest BCUT2D eigenvalue weighted by molar-refractivity contribution is 0.231. The van der Waals surface area contributed by atoms with Crippen LogP contribution in [0.25, 0.3) is 0 Å². The van der Waals surface area contributed by atoms with Crippen molar-refractivity contribution in [3.63, 3.8) is 0 Å². The number of rotatable bonds is 4. The largest absolute Gasteiger partial charge is 0.488 e. The summed E-state index contributed by atoms with van der Waals surface area (Å²) in [6.45, 7) is 3.58. The molecule has 0 spiro atoms. The topological polar surface area (TPSA) is 47.3 Å². The molecular formula is C15H15BrF2N2O. The first-order valence-corrected chi connectivity index (χ1v) is 7.14. The lowest BCUT2D eigenvalue weighted by Gasteiger charge is -2.15. The number of hydrogen-bond acceptors (Lipinski definition) is 3. The smallest absolute Gasteiger partial charge is 0.167 e. The van der Waals surface area contributed by atoms with Crippen LogP contribution in [-0.4, -0.2) is 6.10 Å². The summed E-state index contributed by atoms with van der Waals surface area (Å²) in [5, 5.41) is 2.84. The lowest BCUT2D eigenvalue weighted by Crippen LogP contribution is -2.08. The molecule has 0 aliphatic carbocycles. The zero-order valence-electron chi connectivity index (χ0n) is 11.6. The van der Waals surface area contributed by atoms with E-state index in [-0.39, 0.29) is 23.2 Å². The molecule has 2 aromatic rings. The predicted molar refractivity (Wildman–Crippen MR) is 84.0 cm³/mol. The summed E-state index contributed by atoms with van der Waals surface area (Å²) in [6.07, 6.45) is -0.180. The van der Waals surface area contributed by atoms with Crippen LogP contribution in [0.15, 0.2) is 34.8 Å². The molecule has 0 unspecified atom stereocenters. The first-order chi connectivity index (χ1) is 9.86. The quantitative estimate of drug-likeness (QED) is 0.770. The molecule has 0 aliphatic rings. The maximum atomic E-state index is 13.8. The summed E-state index contributed by atoms with van der Waals surface area (Å²) in [5.74, 6) is -0.929. The highest BCUT2D eigenvalue weighted by Gasteiger charge is 2.12. The van der Waals surface area contributed by atoms with Crippen LogP contribution in [0, 0.1) is 11.6 Å². The van der Waals surface area contributed by atoms with Crippen LogP contribution in [0.2, 0.25) is 0 Å². The van der Waals surface area contributed by atoms with E-state index in [0.717, 1.165) is 6.07 Å². The number of ether oxygens (including phenoxy) is 1. The molecule has 21 heavy (non-hydrogen) atoms. The van der Waals surface area contributed by atoms with Crippen molar-refractivity contribution in [1.82, 2.24) is 0 Å². The van der Waals surface area contributed by atoms with Gasteiger partial charge in [-0.3, -0.25) is 0 Å². The van der Waals surface area contributed by atoms with Crippen molar-refractivity contribution in [2.75, 3.05) is 11.1 Å². The number of anilines is 3. The minimum absolute atomic E-state index is 0.0687. The van der Waals surface area contributed by atoms with E-state index in [1.165, 1.54) is 12.1 Å². The molecule has 0 aromatic heterocycles. The van der Waals surface area contributed by atoms with Crippen molar-refractivity contribution in [3.8, 4) is 5.75 Å². The maximum Gasteiger partial charge on any atom is 0.167 e. The van der Waals surface area contributed by atoms with Crippen LogP contribution in [0.3, 0.4) is 0 Å². The van der Waals surface area contributed by atoms with Gasteiger partial charge in [0, 0.05) is 16.6 Å². The van der Waals surface area contributed by atoms with Gasteiger partial charge in [-0.15, -0.1) is 0 Å². The molecule has 3 nitrogen and oxygen atoms in total. The van der Waals surface area contributed by atoms with Gasteiger partial charge in [-0.1, -0.05) is 15.9 Å². The van der Waals surface area contributed by atoms with E-state index in [1.807, 2.05) is 0 Å². The molecule has 6 heteroatoms. The molecule has 2 aromatic carbocycles. The normalized spacial score (nSPS) is 10.8. The second-order valence-electron chi connectivity index (χ2n) is 4.79. The van der Waals surface area contributed by atoms with Crippen LogP contribution in [0.4, 0.5) is 25.8 Å². The number of hydrogen-bond donors (Lipinski definition) is 2. The Balaban J connectivity index is 2.34. The van der Waals surface area contributed by atoms with Crippen LogP contribution in [0.5, 0.6) is 5.75 Å². The van der Waals surface area contributed by atoms with E-state index in [0.29, 0.717) is 10.2 Å². The number of nitrogens with one attached hydrogen (secondary N) is 1. The Kier molecular flexibility index (Phi) is 4.67. The van der Waals surface area contributed by atoms with E-state index in [4.69, 9.17) is 10.5 Å². The van der Waals surface area contributed by atoms with Crippen LogP contribution < -0.4 is 15.8 Å². The van der Waals surface area contributed by atoms with Gasteiger partial charge < -0.3 is 15.8 Å². The Bertz CT molecular complexity index is 662. The van der Waals surface area contributed by atoms with Gasteiger partial charge in [0.2, 0.25) is 0 Å². The summed E-state index contributed by atoms with van der Waals surface area (Å²) in [6, 6.07) is 7.15. The van der Waals surface area contributed by atoms with E-state index in [1.54, 1.807) is 26.0 Å². The standard InChI is InChI=1S/C15H15BrF2N2O/c1-8(2)21-15-7-14(12(19)6-11(15)18)20-13-4-3-9(16)5-10(13)17/h3-8,20H,19H2,1-2H3. The van der Waals surface area contributed by atoms with Crippen molar-refractivity contribution in [2.24, 2.45) is 0 Å². The molecule has 2 rings (SSSR count). The molecule has 112 valence electrons. The van der Waals surface area contributed by atoms with Gasteiger partial charge in [0.1, 0.15) is 5.82 Å². The third-order valence-electron chi connectivity index (χ3n) is 2.67. The second-order valence-corrected chi connectivity index (χ2v) is 5.70. The molecule has 0 atom stereocenters. The van der Waals surface area contributed by atoms with Crippen LogP contribution >= 0.6 is 15.9 Å². The predicted octanol–water partition coefficient (Wildman–Crippen LogP) is 4.84. The second kappa shape index (κ2) is 6.30. The fourth-order valence-electron chi connectivity index (χ4n) is 1.76. The van der Waals surface area contributed by atoms with Gasteiger partial charge in [-0.2, -0.15) is 0 Å². The molecule has 3 N–H and O–H groups in total.